The number of hydrogen-bond donors (Lipinski definition) is 2. The van der Waals surface area contributed by atoms with Crippen molar-refractivity contribution in [3.8, 4) is 17.2 Å². The van der Waals surface area contributed by atoms with E-state index in [9.17, 15) is 14.7 Å². The zero-order chi connectivity index (χ0) is 12.3. The summed E-state index contributed by atoms with van der Waals surface area (Å²) in [6.45, 7) is 1.12. The van der Waals surface area contributed by atoms with Gasteiger partial charge in [-0.05, 0) is 12.1 Å². The molecule has 0 saturated heterocycles. The Morgan fingerprint density at radius 2 is 1.88 bits per heavy atom. The fourth-order valence-electron chi connectivity index (χ4n) is 1.16. The van der Waals surface area contributed by atoms with E-state index in [1.165, 1.54) is 7.11 Å². The Bertz CT molecular complexity index is 437. The van der Waals surface area contributed by atoms with Crippen LogP contribution in [0, 0.1) is 0 Å². The Balaban J connectivity index is 3.40. The van der Waals surface area contributed by atoms with Gasteiger partial charge < -0.3 is 19.7 Å². The lowest BCUT2D eigenvalue weighted by Crippen LogP contribution is -2.08. The molecule has 0 aromatic heterocycles. The fraction of sp³-hybridized carbons (Fsp3) is 0.200. The monoisotopic (exact) mass is 226 g/mol. The largest absolute Gasteiger partial charge is 0.504 e. The maximum Gasteiger partial charge on any atom is 0.339 e. The third-order valence-electron chi connectivity index (χ3n) is 1.77. The summed E-state index contributed by atoms with van der Waals surface area (Å²) in [7, 11) is 1.23. The Morgan fingerprint density at radius 1 is 1.25 bits per heavy atom. The third kappa shape index (κ3) is 2.22. The Hall–Kier alpha value is -2.24. The topological polar surface area (TPSA) is 93.1 Å². The number of aromatic hydroxyl groups is 1. The minimum absolute atomic E-state index is 0.185. The van der Waals surface area contributed by atoms with E-state index in [-0.39, 0.29) is 22.8 Å². The highest BCUT2D eigenvalue weighted by Gasteiger charge is 2.21. The van der Waals surface area contributed by atoms with Crippen molar-refractivity contribution < 1.29 is 29.3 Å². The zero-order valence-corrected chi connectivity index (χ0v) is 8.68. The van der Waals surface area contributed by atoms with Gasteiger partial charge in [0, 0.05) is 6.92 Å². The first-order valence-corrected chi connectivity index (χ1v) is 4.29. The number of rotatable bonds is 3. The van der Waals surface area contributed by atoms with Crippen LogP contribution in [-0.2, 0) is 4.79 Å². The van der Waals surface area contributed by atoms with Crippen LogP contribution < -0.4 is 9.47 Å². The van der Waals surface area contributed by atoms with Gasteiger partial charge in [-0.1, -0.05) is 0 Å². The Morgan fingerprint density at radius 3 is 2.31 bits per heavy atom. The molecule has 0 aliphatic rings. The molecule has 0 spiro atoms. The molecule has 0 aliphatic carbocycles. The second kappa shape index (κ2) is 4.52. The van der Waals surface area contributed by atoms with Crippen LogP contribution >= 0.6 is 0 Å². The minimum atomic E-state index is -1.28. The van der Waals surface area contributed by atoms with Crippen LogP contribution in [0.1, 0.15) is 17.3 Å². The molecular weight excluding hydrogens is 216 g/mol. The maximum atomic E-state index is 10.9. The number of methoxy groups -OCH3 is 1. The van der Waals surface area contributed by atoms with E-state index in [1.54, 1.807) is 0 Å². The SMILES string of the molecule is COc1c(O)ccc(C(=O)O)c1OC(C)=O. The van der Waals surface area contributed by atoms with Crippen molar-refractivity contribution in [3.63, 3.8) is 0 Å². The lowest BCUT2D eigenvalue weighted by Gasteiger charge is -2.11. The number of carbonyl (C=O) groups excluding carboxylic acids is 1. The predicted octanol–water partition coefficient (Wildman–Crippen LogP) is 1.02. The molecular formula is C10H10O6. The van der Waals surface area contributed by atoms with Crippen LogP contribution in [0.3, 0.4) is 0 Å². The molecule has 0 aliphatic heterocycles. The highest BCUT2D eigenvalue weighted by Crippen LogP contribution is 2.39. The molecule has 0 bridgehead atoms. The Labute approximate surface area is 91.0 Å². The molecule has 0 amide bonds. The van der Waals surface area contributed by atoms with Crippen LogP contribution in [0.5, 0.6) is 17.2 Å². The van der Waals surface area contributed by atoms with Gasteiger partial charge in [0.2, 0.25) is 5.75 Å². The second-order valence-corrected chi connectivity index (χ2v) is 2.89. The molecule has 1 aromatic rings. The number of phenolic OH excluding ortho intramolecular Hbond substituents is 1. The van der Waals surface area contributed by atoms with Crippen LogP contribution in [0.2, 0.25) is 0 Å². The predicted molar refractivity (Wildman–Crippen MR) is 52.9 cm³/mol. The lowest BCUT2D eigenvalue weighted by atomic mass is 10.1. The number of esters is 1. The molecule has 6 heteroatoms. The first-order valence-electron chi connectivity index (χ1n) is 4.29. The van der Waals surface area contributed by atoms with Crippen molar-refractivity contribution in [2.24, 2.45) is 0 Å². The van der Waals surface area contributed by atoms with E-state index < -0.39 is 11.9 Å². The lowest BCUT2D eigenvalue weighted by molar-refractivity contribution is -0.132. The summed E-state index contributed by atoms with van der Waals surface area (Å²) < 4.78 is 9.48. The first kappa shape index (κ1) is 11.8. The van der Waals surface area contributed by atoms with Crippen molar-refractivity contribution in [1.82, 2.24) is 0 Å². The number of benzene rings is 1. The smallest absolute Gasteiger partial charge is 0.339 e. The normalized spacial score (nSPS) is 9.62. The third-order valence-corrected chi connectivity index (χ3v) is 1.77. The Kier molecular flexibility index (Phi) is 3.34. The van der Waals surface area contributed by atoms with Gasteiger partial charge in [-0.3, -0.25) is 4.79 Å². The van der Waals surface area contributed by atoms with E-state index in [1.807, 2.05) is 0 Å². The van der Waals surface area contributed by atoms with Gasteiger partial charge in [-0.15, -0.1) is 0 Å². The molecule has 86 valence electrons. The summed E-state index contributed by atoms with van der Waals surface area (Å²) >= 11 is 0. The van der Waals surface area contributed by atoms with Gasteiger partial charge in [0.1, 0.15) is 5.56 Å². The van der Waals surface area contributed by atoms with Gasteiger partial charge in [0.25, 0.3) is 0 Å². The molecule has 0 fully saturated rings. The molecule has 0 atom stereocenters. The maximum absolute atomic E-state index is 10.9. The molecule has 0 radical (unpaired) electrons. The number of phenols is 1. The van der Waals surface area contributed by atoms with Gasteiger partial charge >= 0.3 is 11.9 Å². The van der Waals surface area contributed by atoms with E-state index in [4.69, 9.17) is 14.6 Å². The summed E-state index contributed by atoms with van der Waals surface area (Å²) in [4.78, 5) is 21.7. The van der Waals surface area contributed by atoms with E-state index in [0.717, 1.165) is 19.1 Å². The highest BCUT2D eigenvalue weighted by atomic mass is 16.6. The van der Waals surface area contributed by atoms with E-state index >= 15 is 0 Å². The van der Waals surface area contributed by atoms with Gasteiger partial charge in [0.05, 0.1) is 7.11 Å². The summed E-state index contributed by atoms with van der Waals surface area (Å²) in [5, 5.41) is 18.3. The van der Waals surface area contributed by atoms with Gasteiger partial charge in [-0.25, -0.2) is 4.79 Å². The number of carbonyl (C=O) groups is 2. The summed E-state index contributed by atoms with van der Waals surface area (Å²) in [6, 6.07) is 2.27. The van der Waals surface area contributed by atoms with Crippen LogP contribution in [0.4, 0.5) is 0 Å². The first-order chi connectivity index (χ1) is 7.47. The number of ether oxygens (including phenoxy) is 2. The molecule has 1 aromatic carbocycles. The van der Waals surface area contributed by atoms with Crippen molar-refractivity contribution in [2.75, 3.05) is 7.11 Å². The number of aromatic carboxylic acids is 1. The molecule has 0 unspecified atom stereocenters. The summed E-state index contributed by atoms with van der Waals surface area (Å²) in [5.41, 5.74) is -0.259. The number of carboxylic acid groups (broad SMARTS) is 1. The molecule has 0 saturated carbocycles. The van der Waals surface area contributed by atoms with Crippen molar-refractivity contribution in [2.45, 2.75) is 6.92 Å². The second-order valence-electron chi connectivity index (χ2n) is 2.89. The minimum Gasteiger partial charge on any atom is -0.504 e. The quantitative estimate of drug-likeness (QED) is 0.590. The number of hydrogen-bond acceptors (Lipinski definition) is 5. The molecule has 2 N–H and O–H groups in total. The fourth-order valence-corrected chi connectivity index (χ4v) is 1.16. The average Bonchev–Trinajstić information content (AvgIpc) is 2.16. The van der Waals surface area contributed by atoms with Crippen LogP contribution in [0.25, 0.3) is 0 Å². The molecule has 16 heavy (non-hydrogen) atoms. The van der Waals surface area contributed by atoms with Crippen LogP contribution in [0.15, 0.2) is 12.1 Å². The van der Waals surface area contributed by atoms with Gasteiger partial charge in [-0.2, -0.15) is 0 Å². The van der Waals surface area contributed by atoms with Crippen molar-refractivity contribution in [3.05, 3.63) is 17.7 Å². The molecule has 1 rings (SSSR count). The van der Waals surface area contributed by atoms with Crippen LogP contribution in [-0.4, -0.2) is 29.3 Å². The van der Waals surface area contributed by atoms with Crippen molar-refractivity contribution in [1.29, 1.82) is 0 Å². The highest BCUT2D eigenvalue weighted by molar-refractivity contribution is 5.93. The summed E-state index contributed by atoms with van der Waals surface area (Å²) in [6.07, 6.45) is 0. The number of carboxylic acids is 1. The van der Waals surface area contributed by atoms with E-state index in [0.29, 0.717) is 0 Å². The standard InChI is InChI=1S/C10H10O6/c1-5(11)16-8-6(10(13)14)3-4-7(12)9(8)15-2/h3-4,12H,1-2H3,(H,13,14). The molecule has 6 nitrogen and oxygen atoms in total. The van der Waals surface area contributed by atoms with Gasteiger partial charge in [0.15, 0.2) is 11.5 Å². The van der Waals surface area contributed by atoms with E-state index in [2.05, 4.69) is 0 Å². The van der Waals surface area contributed by atoms with Crippen molar-refractivity contribution >= 4 is 11.9 Å². The molecule has 0 heterocycles. The zero-order valence-electron chi connectivity index (χ0n) is 8.68. The summed E-state index contributed by atoms with van der Waals surface area (Å²) in [5.74, 6) is -2.78. The average molecular weight is 226 g/mol.